The highest BCUT2D eigenvalue weighted by Crippen LogP contribution is 2.59. The Morgan fingerprint density at radius 1 is 1.32 bits per heavy atom. The number of nitro benzene ring substituents is 1. The molecule has 0 bridgehead atoms. The lowest BCUT2D eigenvalue weighted by Gasteiger charge is -2.13. The van der Waals surface area contributed by atoms with Gasteiger partial charge in [-0.1, -0.05) is 0 Å². The molecule has 0 heterocycles. The molecule has 0 saturated heterocycles. The average Bonchev–Trinajstić information content (AvgIpc) is 2.77. The van der Waals surface area contributed by atoms with Crippen molar-refractivity contribution in [3.63, 3.8) is 0 Å². The fourth-order valence-electron chi connectivity index (χ4n) is 1.83. The fourth-order valence-corrected chi connectivity index (χ4v) is 1.83. The fraction of sp³-hybridized carbons (Fsp3) is 0.400. The van der Waals surface area contributed by atoms with Crippen LogP contribution in [-0.2, 0) is 11.7 Å². The van der Waals surface area contributed by atoms with Crippen LogP contribution < -0.4 is 5.73 Å². The molecule has 0 aromatic heterocycles. The first-order valence-electron chi connectivity index (χ1n) is 5.02. The van der Waals surface area contributed by atoms with Gasteiger partial charge < -0.3 is 5.73 Å². The van der Waals surface area contributed by atoms with Crippen LogP contribution in [0.25, 0.3) is 0 Å². The minimum Gasteiger partial charge on any atom is -0.316 e. The van der Waals surface area contributed by atoms with Gasteiger partial charge in [0.2, 0.25) is 0 Å². The minimum absolute atomic E-state index is 0.221. The maximum atomic E-state index is 13.1. The smallest absolute Gasteiger partial charge is 0.316 e. The summed E-state index contributed by atoms with van der Waals surface area (Å²) in [5.74, 6) is -3.35. The van der Waals surface area contributed by atoms with Crippen LogP contribution >= 0.6 is 0 Å². The standard InChI is InChI=1S/C10H7F5N2O2/c11-9(12)4-8(9,16)6-2-1-5(10(13,14)15)3-7(6)17(18)19/h1-3H,4,16H2. The van der Waals surface area contributed by atoms with E-state index in [1.54, 1.807) is 0 Å². The summed E-state index contributed by atoms with van der Waals surface area (Å²) in [6.07, 6.45) is -5.62. The Morgan fingerprint density at radius 2 is 1.84 bits per heavy atom. The van der Waals surface area contributed by atoms with Gasteiger partial charge in [-0.2, -0.15) is 13.2 Å². The zero-order valence-electron chi connectivity index (χ0n) is 9.17. The van der Waals surface area contributed by atoms with Gasteiger partial charge in [-0.3, -0.25) is 10.1 Å². The van der Waals surface area contributed by atoms with Gasteiger partial charge in [0.1, 0.15) is 5.54 Å². The third-order valence-corrected chi connectivity index (χ3v) is 3.03. The van der Waals surface area contributed by atoms with Crippen LogP contribution in [0, 0.1) is 10.1 Å². The quantitative estimate of drug-likeness (QED) is 0.515. The Morgan fingerprint density at radius 3 is 2.21 bits per heavy atom. The number of nitrogens with zero attached hydrogens (tertiary/aromatic N) is 1. The van der Waals surface area contributed by atoms with Crippen LogP contribution in [0.5, 0.6) is 0 Å². The van der Waals surface area contributed by atoms with Crippen molar-refractivity contribution < 1.29 is 26.9 Å². The van der Waals surface area contributed by atoms with E-state index in [4.69, 9.17) is 5.73 Å². The SMILES string of the molecule is NC1(c2ccc(C(F)(F)F)cc2[N+](=O)[O-])CC1(F)F. The van der Waals surface area contributed by atoms with E-state index >= 15 is 0 Å². The van der Waals surface area contributed by atoms with Crippen molar-refractivity contribution in [2.75, 3.05) is 0 Å². The molecule has 19 heavy (non-hydrogen) atoms. The molecule has 9 heteroatoms. The van der Waals surface area contributed by atoms with Crippen molar-refractivity contribution in [1.29, 1.82) is 0 Å². The molecule has 2 N–H and O–H groups in total. The minimum atomic E-state index is -4.79. The third kappa shape index (κ3) is 2.03. The van der Waals surface area contributed by atoms with Crippen LogP contribution in [0.1, 0.15) is 17.5 Å². The highest BCUT2D eigenvalue weighted by Gasteiger charge is 2.71. The molecule has 4 nitrogen and oxygen atoms in total. The number of hydrogen-bond donors (Lipinski definition) is 1. The van der Waals surface area contributed by atoms with E-state index < -0.39 is 45.8 Å². The van der Waals surface area contributed by atoms with E-state index in [1.807, 2.05) is 0 Å². The first-order valence-corrected chi connectivity index (χ1v) is 5.02. The van der Waals surface area contributed by atoms with E-state index in [1.165, 1.54) is 0 Å². The van der Waals surface area contributed by atoms with Gasteiger partial charge in [0.25, 0.3) is 11.6 Å². The van der Waals surface area contributed by atoms with Gasteiger partial charge in [-0.05, 0) is 12.1 Å². The van der Waals surface area contributed by atoms with Gasteiger partial charge >= 0.3 is 6.18 Å². The molecule has 0 amide bonds. The van der Waals surface area contributed by atoms with E-state index in [0.717, 1.165) is 0 Å². The molecule has 2 rings (SSSR count). The van der Waals surface area contributed by atoms with E-state index in [9.17, 15) is 32.1 Å². The van der Waals surface area contributed by atoms with Crippen molar-refractivity contribution in [2.45, 2.75) is 24.1 Å². The van der Waals surface area contributed by atoms with Crippen LogP contribution in [0.4, 0.5) is 27.6 Å². The number of hydrogen-bond acceptors (Lipinski definition) is 3. The molecule has 1 saturated carbocycles. The summed E-state index contributed by atoms with van der Waals surface area (Å²) in [7, 11) is 0. The predicted molar refractivity (Wildman–Crippen MR) is 53.5 cm³/mol. The van der Waals surface area contributed by atoms with E-state index in [-0.39, 0.29) is 6.07 Å². The molecule has 1 aliphatic rings. The first kappa shape index (κ1) is 13.7. The Bertz CT molecular complexity index is 557. The van der Waals surface area contributed by atoms with Gasteiger partial charge in [0.05, 0.1) is 16.1 Å². The van der Waals surface area contributed by atoms with Crippen molar-refractivity contribution in [1.82, 2.24) is 0 Å². The van der Waals surface area contributed by atoms with E-state index in [2.05, 4.69) is 0 Å². The third-order valence-electron chi connectivity index (χ3n) is 3.03. The lowest BCUT2D eigenvalue weighted by Crippen LogP contribution is -2.28. The summed E-state index contributed by atoms with van der Waals surface area (Å²) in [4.78, 5) is 9.58. The predicted octanol–water partition coefficient (Wildman–Crippen LogP) is 2.81. The number of benzene rings is 1. The van der Waals surface area contributed by atoms with Crippen LogP contribution in [0.3, 0.4) is 0 Å². The molecule has 0 aliphatic heterocycles. The molecule has 0 radical (unpaired) electrons. The lowest BCUT2D eigenvalue weighted by molar-refractivity contribution is -0.386. The van der Waals surface area contributed by atoms with Crippen molar-refractivity contribution in [3.8, 4) is 0 Å². The molecule has 1 atom stereocenters. The van der Waals surface area contributed by atoms with Crippen LogP contribution in [0.2, 0.25) is 0 Å². The number of nitrogens with two attached hydrogens (primary N) is 1. The number of halogens is 5. The van der Waals surface area contributed by atoms with Crippen molar-refractivity contribution in [2.24, 2.45) is 5.73 Å². The lowest BCUT2D eigenvalue weighted by atomic mass is 10.0. The maximum Gasteiger partial charge on any atom is 0.416 e. The molecule has 1 fully saturated rings. The van der Waals surface area contributed by atoms with Crippen LogP contribution in [-0.4, -0.2) is 10.8 Å². The average molecular weight is 282 g/mol. The Labute approximate surface area is 103 Å². The monoisotopic (exact) mass is 282 g/mol. The summed E-state index contributed by atoms with van der Waals surface area (Å²) in [5.41, 5.74) is 0.127. The molecule has 0 spiro atoms. The zero-order valence-corrected chi connectivity index (χ0v) is 9.17. The largest absolute Gasteiger partial charge is 0.416 e. The van der Waals surface area contributed by atoms with Gasteiger partial charge in [0.15, 0.2) is 0 Å². The Kier molecular flexibility index (Phi) is 2.60. The van der Waals surface area contributed by atoms with Crippen molar-refractivity contribution in [3.05, 3.63) is 39.4 Å². The highest BCUT2D eigenvalue weighted by molar-refractivity contribution is 5.52. The number of nitro groups is 1. The van der Waals surface area contributed by atoms with Crippen molar-refractivity contribution >= 4 is 5.69 Å². The summed E-state index contributed by atoms with van der Waals surface area (Å²) in [6.45, 7) is 0. The maximum absolute atomic E-state index is 13.1. The topological polar surface area (TPSA) is 69.2 Å². The van der Waals surface area contributed by atoms with Gasteiger partial charge in [-0.15, -0.1) is 0 Å². The summed E-state index contributed by atoms with van der Waals surface area (Å²) >= 11 is 0. The second-order valence-electron chi connectivity index (χ2n) is 4.34. The normalized spacial score (nSPS) is 25.2. The number of alkyl halides is 5. The van der Waals surface area contributed by atoms with E-state index in [0.29, 0.717) is 12.1 Å². The molecule has 1 aromatic rings. The molecule has 104 valence electrons. The second kappa shape index (κ2) is 3.62. The number of rotatable bonds is 2. The molecular formula is C10H7F5N2O2. The molecular weight excluding hydrogens is 275 g/mol. The Balaban J connectivity index is 2.56. The molecule has 1 aliphatic carbocycles. The summed E-state index contributed by atoms with van der Waals surface area (Å²) in [6, 6.07) is 1.37. The molecule has 1 unspecified atom stereocenters. The van der Waals surface area contributed by atoms with Gasteiger partial charge in [0, 0.05) is 12.5 Å². The summed E-state index contributed by atoms with van der Waals surface area (Å²) < 4.78 is 63.4. The van der Waals surface area contributed by atoms with Crippen LogP contribution in [0.15, 0.2) is 18.2 Å². The first-order chi connectivity index (χ1) is 8.49. The molecule has 1 aromatic carbocycles. The second-order valence-corrected chi connectivity index (χ2v) is 4.34. The summed E-state index contributed by atoms with van der Waals surface area (Å²) in [5, 5.41) is 10.7. The Hall–Kier alpha value is -1.77. The zero-order chi connectivity index (χ0) is 14.6. The van der Waals surface area contributed by atoms with Gasteiger partial charge in [-0.25, -0.2) is 8.78 Å². The highest BCUT2D eigenvalue weighted by atomic mass is 19.4.